The van der Waals surface area contributed by atoms with E-state index in [2.05, 4.69) is 26.5 Å². The first-order valence-corrected chi connectivity index (χ1v) is 4.83. The third-order valence-electron chi connectivity index (χ3n) is 3.17. The summed E-state index contributed by atoms with van der Waals surface area (Å²) in [6, 6.07) is 0. The fourth-order valence-electron chi connectivity index (χ4n) is 2.01. The molecular formula is C11H20. The van der Waals surface area contributed by atoms with Crippen LogP contribution in [0.2, 0.25) is 0 Å². The fraction of sp³-hybridized carbons (Fsp3) is 0.818. The Balaban J connectivity index is 2.32. The van der Waals surface area contributed by atoms with Gasteiger partial charge in [0, 0.05) is 0 Å². The summed E-state index contributed by atoms with van der Waals surface area (Å²) < 4.78 is 0. The Labute approximate surface area is 70.7 Å². The van der Waals surface area contributed by atoms with Crippen molar-refractivity contribution < 1.29 is 0 Å². The van der Waals surface area contributed by atoms with Crippen molar-refractivity contribution in [2.75, 3.05) is 0 Å². The van der Waals surface area contributed by atoms with Crippen molar-refractivity contribution in [2.45, 2.75) is 46.0 Å². The maximum absolute atomic E-state index is 3.87. The second kappa shape index (κ2) is 3.42. The van der Waals surface area contributed by atoms with E-state index in [-0.39, 0.29) is 0 Å². The van der Waals surface area contributed by atoms with Crippen molar-refractivity contribution in [1.29, 1.82) is 0 Å². The third kappa shape index (κ3) is 2.08. The predicted molar refractivity (Wildman–Crippen MR) is 50.6 cm³/mol. The van der Waals surface area contributed by atoms with E-state index in [0.29, 0.717) is 5.41 Å². The van der Waals surface area contributed by atoms with Gasteiger partial charge in [-0.2, -0.15) is 0 Å². The highest BCUT2D eigenvalue weighted by molar-refractivity contribution is 4.90. The maximum atomic E-state index is 3.87. The van der Waals surface area contributed by atoms with Crippen molar-refractivity contribution in [2.24, 2.45) is 11.3 Å². The monoisotopic (exact) mass is 152 g/mol. The molecule has 1 aliphatic carbocycles. The molecule has 0 aromatic heterocycles. The Kier molecular flexibility index (Phi) is 2.75. The van der Waals surface area contributed by atoms with Gasteiger partial charge in [0.05, 0.1) is 0 Å². The Bertz CT molecular complexity index is 131. The third-order valence-corrected chi connectivity index (χ3v) is 3.17. The molecule has 0 heteroatoms. The summed E-state index contributed by atoms with van der Waals surface area (Å²) in [5, 5.41) is 0. The van der Waals surface area contributed by atoms with Crippen LogP contribution in [0.4, 0.5) is 0 Å². The molecule has 0 aliphatic heterocycles. The highest BCUT2D eigenvalue weighted by atomic mass is 14.4. The molecule has 1 unspecified atom stereocenters. The normalized spacial score (nSPS) is 23.8. The molecular weight excluding hydrogens is 132 g/mol. The molecule has 0 nitrogen and oxygen atoms in total. The highest BCUT2D eigenvalue weighted by Crippen LogP contribution is 2.45. The topological polar surface area (TPSA) is 0 Å². The smallest absolute Gasteiger partial charge is 0.0234 e. The largest absolute Gasteiger partial charge is 0.103 e. The van der Waals surface area contributed by atoms with Crippen molar-refractivity contribution in [3.05, 3.63) is 12.7 Å². The van der Waals surface area contributed by atoms with E-state index in [0.717, 1.165) is 5.92 Å². The second-order valence-electron chi connectivity index (χ2n) is 4.27. The summed E-state index contributed by atoms with van der Waals surface area (Å²) in [5.74, 6) is 0.764. The summed E-state index contributed by atoms with van der Waals surface area (Å²) in [6.45, 7) is 8.55. The van der Waals surface area contributed by atoms with Gasteiger partial charge in [-0.15, -0.1) is 6.58 Å². The zero-order valence-electron chi connectivity index (χ0n) is 7.90. The molecule has 0 amide bonds. The average molecular weight is 152 g/mol. The van der Waals surface area contributed by atoms with Crippen LogP contribution in [0.25, 0.3) is 0 Å². The van der Waals surface area contributed by atoms with Crippen LogP contribution in [0.15, 0.2) is 12.7 Å². The van der Waals surface area contributed by atoms with Crippen LogP contribution in [0, 0.1) is 11.3 Å². The molecule has 11 heavy (non-hydrogen) atoms. The standard InChI is InChI=1S/C11H20/c1-4-10(5-2)9-11(3)7-6-8-11/h4,10H,1,5-9H2,2-3H3. The molecule has 0 heterocycles. The zero-order chi connectivity index (χ0) is 8.32. The Morgan fingerprint density at radius 1 is 1.55 bits per heavy atom. The quantitative estimate of drug-likeness (QED) is 0.538. The van der Waals surface area contributed by atoms with E-state index >= 15 is 0 Å². The number of hydrogen-bond donors (Lipinski definition) is 0. The van der Waals surface area contributed by atoms with E-state index in [9.17, 15) is 0 Å². The minimum atomic E-state index is 0.675. The van der Waals surface area contributed by atoms with E-state index in [1.807, 2.05) is 0 Å². The molecule has 1 atom stereocenters. The molecule has 0 saturated heterocycles. The summed E-state index contributed by atoms with van der Waals surface area (Å²) in [6.07, 6.45) is 9.09. The lowest BCUT2D eigenvalue weighted by Crippen LogP contribution is -2.27. The summed E-state index contributed by atoms with van der Waals surface area (Å²) in [4.78, 5) is 0. The van der Waals surface area contributed by atoms with Gasteiger partial charge in [0.1, 0.15) is 0 Å². The maximum Gasteiger partial charge on any atom is -0.0234 e. The summed E-state index contributed by atoms with van der Waals surface area (Å²) in [5.41, 5.74) is 0.675. The molecule has 0 spiro atoms. The first-order valence-electron chi connectivity index (χ1n) is 4.83. The van der Waals surface area contributed by atoms with Crippen molar-refractivity contribution in [3.63, 3.8) is 0 Å². The molecule has 0 bridgehead atoms. The fourth-order valence-corrected chi connectivity index (χ4v) is 2.01. The first-order chi connectivity index (χ1) is 5.20. The number of hydrogen-bond acceptors (Lipinski definition) is 0. The van der Waals surface area contributed by atoms with Crippen LogP contribution in [0.5, 0.6) is 0 Å². The van der Waals surface area contributed by atoms with Crippen molar-refractivity contribution in [1.82, 2.24) is 0 Å². The van der Waals surface area contributed by atoms with Gasteiger partial charge in [-0.1, -0.05) is 26.3 Å². The minimum absolute atomic E-state index is 0.675. The lowest BCUT2D eigenvalue weighted by atomic mass is 9.65. The van der Waals surface area contributed by atoms with Gasteiger partial charge in [0.2, 0.25) is 0 Å². The second-order valence-corrected chi connectivity index (χ2v) is 4.27. The highest BCUT2D eigenvalue weighted by Gasteiger charge is 2.32. The van der Waals surface area contributed by atoms with Crippen LogP contribution in [-0.2, 0) is 0 Å². The SMILES string of the molecule is C=CC(CC)CC1(C)CCC1. The van der Waals surface area contributed by atoms with E-state index in [1.165, 1.54) is 32.1 Å². The van der Waals surface area contributed by atoms with Gasteiger partial charge in [-0.3, -0.25) is 0 Å². The Hall–Kier alpha value is -0.260. The van der Waals surface area contributed by atoms with Crippen molar-refractivity contribution >= 4 is 0 Å². The lowest BCUT2D eigenvalue weighted by Gasteiger charge is -2.40. The molecule has 64 valence electrons. The molecule has 0 aromatic carbocycles. The summed E-state index contributed by atoms with van der Waals surface area (Å²) in [7, 11) is 0. The van der Waals surface area contributed by atoms with Crippen LogP contribution >= 0.6 is 0 Å². The minimum Gasteiger partial charge on any atom is -0.103 e. The molecule has 0 N–H and O–H groups in total. The van der Waals surface area contributed by atoms with E-state index in [4.69, 9.17) is 0 Å². The van der Waals surface area contributed by atoms with Gasteiger partial charge in [-0.05, 0) is 37.0 Å². The van der Waals surface area contributed by atoms with Gasteiger partial charge in [0.15, 0.2) is 0 Å². The Morgan fingerprint density at radius 3 is 2.45 bits per heavy atom. The lowest BCUT2D eigenvalue weighted by molar-refractivity contribution is 0.127. The molecule has 0 aromatic rings. The zero-order valence-corrected chi connectivity index (χ0v) is 7.90. The number of allylic oxidation sites excluding steroid dienone is 1. The van der Waals surface area contributed by atoms with Crippen LogP contribution < -0.4 is 0 Å². The summed E-state index contributed by atoms with van der Waals surface area (Å²) >= 11 is 0. The molecule has 1 aliphatic rings. The predicted octanol–water partition coefficient (Wildman–Crippen LogP) is 3.78. The van der Waals surface area contributed by atoms with Crippen LogP contribution in [0.1, 0.15) is 46.0 Å². The van der Waals surface area contributed by atoms with Gasteiger partial charge in [-0.25, -0.2) is 0 Å². The van der Waals surface area contributed by atoms with Gasteiger partial charge >= 0.3 is 0 Å². The van der Waals surface area contributed by atoms with E-state index in [1.54, 1.807) is 0 Å². The molecule has 1 saturated carbocycles. The van der Waals surface area contributed by atoms with Crippen LogP contribution in [-0.4, -0.2) is 0 Å². The van der Waals surface area contributed by atoms with E-state index < -0.39 is 0 Å². The first kappa shape index (κ1) is 8.83. The molecule has 0 radical (unpaired) electrons. The van der Waals surface area contributed by atoms with Crippen molar-refractivity contribution in [3.8, 4) is 0 Å². The molecule has 1 fully saturated rings. The molecule has 1 rings (SSSR count). The van der Waals surface area contributed by atoms with Gasteiger partial charge < -0.3 is 0 Å². The van der Waals surface area contributed by atoms with Crippen LogP contribution in [0.3, 0.4) is 0 Å². The van der Waals surface area contributed by atoms with Gasteiger partial charge in [0.25, 0.3) is 0 Å². The Morgan fingerprint density at radius 2 is 2.18 bits per heavy atom. The number of rotatable bonds is 4. The average Bonchev–Trinajstić information content (AvgIpc) is 1.97.